The van der Waals surface area contributed by atoms with Crippen LogP contribution in [0.1, 0.15) is 0 Å². The SMILES string of the molecule is Cn1cc(-c2cnc3[nH]cc(OC(=O)NN)c3c2)cn1. The number of nitrogens with two attached hydrogens (primary N) is 1. The second-order valence-corrected chi connectivity index (χ2v) is 4.21. The van der Waals surface area contributed by atoms with Crippen molar-refractivity contribution in [2.24, 2.45) is 12.9 Å². The minimum Gasteiger partial charge on any atom is -0.407 e. The Bertz CT molecular complexity index is 775. The highest BCUT2D eigenvalue weighted by molar-refractivity contribution is 5.89. The first kappa shape index (κ1) is 12.2. The lowest BCUT2D eigenvalue weighted by molar-refractivity contribution is 0.201. The lowest BCUT2D eigenvalue weighted by Gasteiger charge is -2.02. The molecule has 0 aromatic carbocycles. The second-order valence-electron chi connectivity index (χ2n) is 4.21. The summed E-state index contributed by atoms with van der Waals surface area (Å²) in [5, 5.41) is 4.80. The number of nitrogens with one attached hydrogen (secondary N) is 2. The zero-order chi connectivity index (χ0) is 14.1. The molecule has 3 heterocycles. The molecular formula is C12H12N6O2. The minimum atomic E-state index is -0.738. The molecule has 1 amide bonds. The number of fused-ring (bicyclic) bond motifs is 1. The lowest BCUT2D eigenvalue weighted by atomic mass is 10.1. The van der Waals surface area contributed by atoms with E-state index in [1.807, 2.05) is 24.7 Å². The van der Waals surface area contributed by atoms with Crippen LogP contribution in [-0.4, -0.2) is 25.8 Å². The van der Waals surface area contributed by atoms with Gasteiger partial charge < -0.3 is 9.72 Å². The van der Waals surface area contributed by atoms with Gasteiger partial charge in [-0.05, 0) is 6.07 Å². The molecule has 0 saturated heterocycles. The maximum atomic E-state index is 11.2. The van der Waals surface area contributed by atoms with Gasteiger partial charge in [0.05, 0.1) is 11.6 Å². The van der Waals surface area contributed by atoms with E-state index in [0.29, 0.717) is 16.8 Å². The van der Waals surface area contributed by atoms with Crippen LogP contribution in [0.25, 0.3) is 22.2 Å². The lowest BCUT2D eigenvalue weighted by Crippen LogP contribution is -2.32. The van der Waals surface area contributed by atoms with E-state index >= 15 is 0 Å². The topological polar surface area (TPSA) is 111 Å². The van der Waals surface area contributed by atoms with Gasteiger partial charge in [-0.2, -0.15) is 5.10 Å². The van der Waals surface area contributed by atoms with Gasteiger partial charge in [0.1, 0.15) is 5.65 Å². The van der Waals surface area contributed by atoms with Gasteiger partial charge in [0, 0.05) is 36.8 Å². The average Bonchev–Trinajstić information content (AvgIpc) is 3.05. The van der Waals surface area contributed by atoms with Crippen molar-refractivity contribution in [1.29, 1.82) is 0 Å². The van der Waals surface area contributed by atoms with Crippen LogP contribution in [0.4, 0.5) is 4.79 Å². The zero-order valence-electron chi connectivity index (χ0n) is 10.6. The molecule has 8 nitrogen and oxygen atoms in total. The number of pyridine rings is 1. The number of H-pyrrole nitrogens is 1. The fourth-order valence-corrected chi connectivity index (χ4v) is 1.92. The van der Waals surface area contributed by atoms with E-state index in [1.54, 1.807) is 23.3 Å². The van der Waals surface area contributed by atoms with Crippen molar-refractivity contribution in [1.82, 2.24) is 25.2 Å². The summed E-state index contributed by atoms with van der Waals surface area (Å²) in [7, 11) is 1.84. The molecule has 0 atom stereocenters. The summed E-state index contributed by atoms with van der Waals surface area (Å²) < 4.78 is 6.75. The number of hydrazine groups is 1. The third kappa shape index (κ3) is 2.08. The molecule has 102 valence electrons. The summed E-state index contributed by atoms with van der Waals surface area (Å²) in [6, 6.07) is 1.87. The molecule has 20 heavy (non-hydrogen) atoms. The summed E-state index contributed by atoms with van der Waals surface area (Å²) in [6.45, 7) is 0. The van der Waals surface area contributed by atoms with Gasteiger partial charge in [0.15, 0.2) is 5.75 Å². The molecule has 3 aromatic rings. The summed E-state index contributed by atoms with van der Waals surface area (Å²) in [5.74, 6) is 5.36. The summed E-state index contributed by atoms with van der Waals surface area (Å²) >= 11 is 0. The van der Waals surface area contributed by atoms with Gasteiger partial charge in [-0.1, -0.05) is 0 Å². The molecule has 0 aliphatic carbocycles. The third-order valence-electron chi connectivity index (χ3n) is 2.85. The number of nitrogens with zero attached hydrogens (tertiary/aromatic N) is 3. The molecule has 4 N–H and O–H groups in total. The van der Waals surface area contributed by atoms with Crippen LogP contribution in [0.5, 0.6) is 5.75 Å². The predicted molar refractivity (Wildman–Crippen MR) is 71.6 cm³/mol. The zero-order valence-corrected chi connectivity index (χ0v) is 10.6. The quantitative estimate of drug-likeness (QED) is 0.365. The number of amides is 1. The monoisotopic (exact) mass is 272 g/mol. The average molecular weight is 272 g/mol. The Morgan fingerprint density at radius 2 is 2.30 bits per heavy atom. The summed E-state index contributed by atoms with van der Waals surface area (Å²) in [4.78, 5) is 18.4. The number of hydrogen-bond donors (Lipinski definition) is 3. The number of rotatable bonds is 2. The molecular weight excluding hydrogens is 260 g/mol. The van der Waals surface area contributed by atoms with Crippen molar-refractivity contribution in [2.45, 2.75) is 0 Å². The Morgan fingerprint density at radius 1 is 1.45 bits per heavy atom. The Kier molecular flexibility index (Phi) is 2.84. The van der Waals surface area contributed by atoms with E-state index in [-0.39, 0.29) is 0 Å². The normalized spacial score (nSPS) is 10.7. The van der Waals surface area contributed by atoms with Crippen LogP contribution >= 0.6 is 0 Å². The van der Waals surface area contributed by atoms with Crippen LogP contribution in [0.15, 0.2) is 30.9 Å². The largest absolute Gasteiger partial charge is 0.426 e. The van der Waals surface area contributed by atoms with Crippen LogP contribution in [0, 0.1) is 0 Å². The Labute approximate surface area is 113 Å². The fourth-order valence-electron chi connectivity index (χ4n) is 1.92. The molecule has 3 rings (SSSR count). The highest BCUT2D eigenvalue weighted by atomic mass is 16.6. The predicted octanol–water partition coefficient (Wildman–Crippen LogP) is 0.925. The number of aromatic amines is 1. The summed E-state index contributed by atoms with van der Waals surface area (Å²) in [5.41, 5.74) is 4.34. The number of carbonyl (C=O) groups is 1. The number of aryl methyl sites for hydroxylation is 1. The van der Waals surface area contributed by atoms with Crippen molar-refractivity contribution in [3.8, 4) is 16.9 Å². The first-order chi connectivity index (χ1) is 9.67. The Balaban J connectivity index is 2.05. The van der Waals surface area contributed by atoms with Crippen molar-refractivity contribution < 1.29 is 9.53 Å². The molecule has 8 heteroatoms. The van der Waals surface area contributed by atoms with Crippen molar-refractivity contribution >= 4 is 17.1 Å². The van der Waals surface area contributed by atoms with Gasteiger partial charge in [-0.3, -0.25) is 10.1 Å². The Morgan fingerprint density at radius 3 is 3.00 bits per heavy atom. The van der Waals surface area contributed by atoms with E-state index in [4.69, 9.17) is 10.6 Å². The van der Waals surface area contributed by atoms with E-state index in [0.717, 1.165) is 11.1 Å². The molecule has 0 aliphatic heterocycles. The Hall–Kier alpha value is -2.87. The van der Waals surface area contributed by atoms with Crippen molar-refractivity contribution in [2.75, 3.05) is 0 Å². The van der Waals surface area contributed by atoms with Gasteiger partial charge in [-0.15, -0.1) is 0 Å². The molecule has 0 radical (unpaired) electrons. The molecule has 0 aliphatic rings. The highest BCUT2D eigenvalue weighted by Gasteiger charge is 2.11. The fraction of sp³-hybridized carbons (Fsp3) is 0.0833. The van der Waals surface area contributed by atoms with Gasteiger partial charge in [0.25, 0.3) is 0 Å². The summed E-state index contributed by atoms with van der Waals surface area (Å²) in [6.07, 6.45) is 6.16. The first-order valence-corrected chi connectivity index (χ1v) is 5.82. The van der Waals surface area contributed by atoms with Crippen LogP contribution in [-0.2, 0) is 7.05 Å². The van der Waals surface area contributed by atoms with Gasteiger partial charge in [0.2, 0.25) is 0 Å². The van der Waals surface area contributed by atoms with Crippen LogP contribution in [0.3, 0.4) is 0 Å². The van der Waals surface area contributed by atoms with Gasteiger partial charge in [-0.25, -0.2) is 15.6 Å². The molecule has 0 fully saturated rings. The standard InChI is InChI=1S/C12H12N6O2/c1-18-6-8(4-16-18)7-2-9-10(20-12(19)17-13)5-15-11(9)14-3-7/h2-6H,13H2,1H3,(H,14,15)(H,17,19). The third-order valence-corrected chi connectivity index (χ3v) is 2.85. The molecule has 3 aromatic heterocycles. The van der Waals surface area contributed by atoms with Crippen molar-refractivity contribution in [3.63, 3.8) is 0 Å². The molecule has 0 unspecified atom stereocenters. The minimum absolute atomic E-state index is 0.362. The van der Waals surface area contributed by atoms with E-state index in [9.17, 15) is 4.79 Å². The van der Waals surface area contributed by atoms with E-state index in [2.05, 4.69) is 15.1 Å². The number of carbonyl (C=O) groups excluding carboxylic acids is 1. The molecule has 0 bridgehead atoms. The smallest absolute Gasteiger partial charge is 0.407 e. The maximum Gasteiger partial charge on any atom is 0.426 e. The maximum absolute atomic E-state index is 11.2. The number of hydrogen-bond acceptors (Lipinski definition) is 5. The first-order valence-electron chi connectivity index (χ1n) is 5.82. The molecule has 0 saturated carbocycles. The van der Waals surface area contributed by atoms with Crippen molar-refractivity contribution in [3.05, 3.63) is 30.9 Å². The highest BCUT2D eigenvalue weighted by Crippen LogP contribution is 2.28. The van der Waals surface area contributed by atoms with E-state index in [1.165, 1.54) is 0 Å². The second kappa shape index (κ2) is 4.67. The van der Waals surface area contributed by atoms with Gasteiger partial charge >= 0.3 is 6.09 Å². The van der Waals surface area contributed by atoms with E-state index < -0.39 is 6.09 Å². The van der Waals surface area contributed by atoms with Crippen LogP contribution in [0.2, 0.25) is 0 Å². The number of aromatic nitrogens is 4. The number of ether oxygens (including phenoxy) is 1. The molecule has 0 spiro atoms. The van der Waals surface area contributed by atoms with Crippen LogP contribution < -0.4 is 16.0 Å².